The van der Waals surface area contributed by atoms with Gasteiger partial charge in [0.2, 0.25) is 0 Å². The molecular weight excluding hydrogens is 296 g/mol. The molecule has 0 aromatic heterocycles. The van der Waals surface area contributed by atoms with Crippen LogP contribution in [-0.2, 0) is 12.8 Å². The lowest BCUT2D eigenvalue weighted by Crippen LogP contribution is -2.07. The third-order valence-corrected chi connectivity index (χ3v) is 3.98. The van der Waals surface area contributed by atoms with Gasteiger partial charge >= 0.3 is 0 Å². The van der Waals surface area contributed by atoms with E-state index in [1.807, 2.05) is 12.1 Å². The van der Waals surface area contributed by atoms with E-state index >= 15 is 0 Å². The van der Waals surface area contributed by atoms with Gasteiger partial charge in [0.25, 0.3) is 0 Å². The van der Waals surface area contributed by atoms with Gasteiger partial charge in [-0.3, -0.25) is 0 Å². The molecule has 0 atom stereocenters. The number of rotatable bonds is 9. The molecule has 0 aliphatic heterocycles. The summed E-state index contributed by atoms with van der Waals surface area (Å²) in [6.45, 7) is 8.09. The molecule has 0 heterocycles. The van der Waals surface area contributed by atoms with Crippen LogP contribution in [0.2, 0.25) is 0 Å². The van der Waals surface area contributed by atoms with Crippen molar-refractivity contribution in [1.29, 1.82) is 0 Å². The lowest BCUT2D eigenvalue weighted by atomic mass is 10.1. The largest absolute Gasteiger partial charge is 0.491 e. The first-order valence-corrected chi connectivity index (χ1v) is 8.92. The Morgan fingerprint density at radius 2 is 1.75 bits per heavy atom. The van der Waals surface area contributed by atoms with Gasteiger partial charge in [-0.1, -0.05) is 39.0 Å². The minimum Gasteiger partial charge on any atom is -0.491 e. The van der Waals surface area contributed by atoms with Gasteiger partial charge in [-0.05, 0) is 60.6 Å². The van der Waals surface area contributed by atoms with Crippen LogP contribution in [0.1, 0.15) is 38.3 Å². The van der Waals surface area contributed by atoms with Crippen molar-refractivity contribution in [3.63, 3.8) is 0 Å². The van der Waals surface area contributed by atoms with E-state index in [0.717, 1.165) is 37.2 Å². The Morgan fingerprint density at radius 1 is 1.04 bits per heavy atom. The zero-order chi connectivity index (χ0) is 17.4. The third kappa shape index (κ3) is 5.80. The van der Waals surface area contributed by atoms with Gasteiger partial charge in [0, 0.05) is 12.2 Å². The van der Waals surface area contributed by atoms with Crippen LogP contribution in [-0.4, -0.2) is 13.2 Å². The fourth-order valence-corrected chi connectivity index (χ4v) is 2.52. The Bertz CT molecular complexity index is 620. The van der Waals surface area contributed by atoms with Crippen LogP contribution in [0, 0.1) is 5.92 Å². The Hall–Kier alpha value is -2.16. The quantitative estimate of drug-likeness (QED) is 0.508. The number of aryl methyl sites for hydroxylation is 2. The maximum Gasteiger partial charge on any atom is 0.142 e. The van der Waals surface area contributed by atoms with Crippen LogP contribution >= 0.6 is 0 Å². The molecule has 0 radical (unpaired) electrons. The fraction of sp³-hybridized carbons (Fsp3) is 0.429. The van der Waals surface area contributed by atoms with E-state index in [4.69, 9.17) is 10.5 Å². The predicted molar refractivity (Wildman–Crippen MR) is 104 cm³/mol. The molecule has 130 valence electrons. The number of nitrogens with one attached hydrogen (secondary N) is 1. The highest BCUT2D eigenvalue weighted by atomic mass is 16.5. The van der Waals surface area contributed by atoms with Gasteiger partial charge in [0.1, 0.15) is 5.75 Å². The van der Waals surface area contributed by atoms with Crippen molar-refractivity contribution < 1.29 is 4.74 Å². The maximum atomic E-state index is 6.09. The molecule has 24 heavy (non-hydrogen) atoms. The molecule has 3 heteroatoms. The van der Waals surface area contributed by atoms with Crippen molar-refractivity contribution in [3.05, 3.63) is 53.6 Å². The van der Waals surface area contributed by atoms with Gasteiger partial charge in [0.05, 0.1) is 12.3 Å². The maximum absolute atomic E-state index is 6.09. The van der Waals surface area contributed by atoms with Crippen LogP contribution in [0.25, 0.3) is 0 Å². The molecule has 0 fully saturated rings. The second-order valence-corrected chi connectivity index (χ2v) is 6.66. The normalized spacial score (nSPS) is 10.8. The monoisotopic (exact) mass is 326 g/mol. The number of ether oxygens (including phenoxy) is 1. The van der Waals surface area contributed by atoms with Crippen molar-refractivity contribution in [2.45, 2.75) is 40.0 Å². The molecule has 3 nitrogen and oxygen atoms in total. The van der Waals surface area contributed by atoms with E-state index in [-0.39, 0.29) is 0 Å². The molecule has 0 aliphatic rings. The third-order valence-electron chi connectivity index (χ3n) is 3.98. The van der Waals surface area contributed by atoms with E-state index in [2.05, 4.69) is 56.4 Å². The van der Waals surface area contributed by atoms with E-state index in [1.54, 1.807) is 0 Å². The highest BCUT2D eigenvalue weighted by Gasteiger charge is 2.04. The van der Waals surface area contributed by atoms with E-state index in [0.29, 0.717) is 12.5 Å². The second-order valence-electron chi connectivity index (χ2n) is 6.66. The molecule has 2 aromatic carbocycles. The zero-order valence-corrected chi connectivity index (χ0v) is 15.1. The fourth-order valence-electron chi connectivity index (χ4n) is 2.52. The van der Waals surface area contributed by atoms with Crippen molar-refractivity contribution in [2.75, 3.05) is 24.2 Å². The first-order valence-electron chi connectivity index (χ1n) is 8.92. The summed E-state index contributed by atoms with van der Waals surface area (Å²) in [5.41, 5.74) is 10.6. The van der Waals surface area contributed by atoms with Crippen LogP contribution in [0.4, 0.5) is 11.4 Å². The summed E-state index contributed by atoms with van der Waals surface area (Å²) in [5, 5.41) is 3.47. The van der Waals surface area contributed by atoms with Crippen molar-refractivity contribution >= 4 is 11.4 Å². The standard InChI is InChI=1S/C21H30N2O/c1-4-17-7-10-19(11-8-17)23-13-5-6-18-9-12-21(20(22)14-18)24-15-16(2)3/h7-12,14,16,23H,4-6,13,15,22H2,1-3H3. The molecule has 0 saturated carbocycles. The molecule has 0 amide bonds. The number of hydrogen-bond donors (Lipinski definition) is 2. The van der Waals surface area contributed by atoms with Crippen LogP contribution in [0.5, 0.6) is 5.75 Å². The smallest absolute Gasteiger partial charge is 0.142 e. The number of benzene rings is 2. The van der Waals surface area contributed by atoms with E-state index in [1.165, 1.54) is 16.8 Å². The Labute approximate surface area is 146 Å². The minimum atomic E-state index is 0.501. The van der Waals surface area contributed by atoms with Gasteiger partial charge in [-0.2, -0.15) is 0 Å². The number of hydrogen-bond acceptors (Lipinski definition) is 3. The Kier molecular flexibility index (Phi) is 6.98. The lowest BCUT2D eigenvalue weighted by Gasteiger charge is -2.12. The van der Waals surface area contributed by atoms with Gasteiger partial charge < -0.3 is 15.8 Å². The highest BCUT2D eigenvalue weighted by molar-refractivity contribution is 5.54. The van der Waals surface area contributed by atoms with Crippen LogP contribution in [0.15, 0.2) is 42.5 Å². The number of nitrogens with two attached hydrogens (primary N) is 1. The van der Waals surface area contributed by atoms with Gasteiger partial charge in [0.15, 0.2) is 0 Å². The Balaban J connectivity index is 1.76. The SMILES string of the molecule is CCc1ccc(NCCCc2ccc(OCC(C)C)c(N)c2)cc1. The average molecular weight is 326 g/mol. The summed E-state index contributed by atoms with van der Waals surface area (Å²) in [4.78, 5) is 0. The summed E-state index contributed by atoms with van der Waals surface area (Å²) in [7, 11) is 0. The molecule has 0 bridgehead atoms. The molecular formula is C21H30N2O. The summed E-state index contributed by atoms with van der Waals surface area (Å²) < 4.78 is 5.72. The molecule has 0 spiro atoms. The zero-order valence-electron chi connectivity index (χ0n) is 15.1. The average Bonchev–Trinajstić information content (AvgIpc) is 2.58. The first-order chi connectivity index (χ1) is 11.6. The molecule has 3 N–H and O–H groups in total. The van der Waals surface area contributed by atoms with Gasteiger partial charge in [-0.15, -0.1) is 0 Å². The summed E-state index contributed by atoms with van der Waals surface area (Å²) in [5.74, 6) is 1.29. The minimum absolute atomic E-state index is 0.501. The first kappa shape index (κ1) is 18.2. The summed E-state index contributed by atoms with van der Waals surface area (Å²) in [6, 6.07) is 14.8. The number of nitrogen functional groups attached to an aromatic ring is 1. The molecule has 2 rings (SSSR count). The van der Waals surface area contributed by atoms with Gasteiger partial charge in [-0.25, -0.2) is 0 Å². The topological polar surface area (TPSA) is 47.3 Å². The van der Waals surface area contributed by atoms with Crippen molar-refractivity contribution in [2.24, 2.45) is 5.92 Å². The van der Waals surface area contributed by atoms with Crippen LogP contribution < -0.4 is 15.8 Å². The molecule has 0 unspecified atom stereocenters. The van der Waals surface area contributed by atoms with E-state index < -0.39 is 0 Å². The van der Waals surface area contributed by atoms with Crippen LogP contribution in [0.3, 0.4) is 0 Å². The highest BCUT2D eigenvalue weighted by Crippen LogP contribution is 2.23. The molecule has 0 saturated heterocycles. The van der Waals surface area contributed by atoms with Crippen molar-refractivity contribution in [3.8, 4) is 5.75 Å². The second kappa shape index (κ2) is 9.21. The lowest BCUT2D eigenvalue weighted by molar-refractivity contribution is 0.272. The summed E-state index contributed by atoms with van der Waals surface area (Å²) >= 11 is 0. The van der Waals surface area contributed by atoms with E-state index in [9.17, 15) is 0 Å². The predicted octanol–water partition coefficient (Wildman–Crippen LogP) is 4.91. The molecule has 2 aromatic rings. The van der Waals surface area contributed by atoms with Crippen molar-refractivity contribution in [1.82, 2.24) is 0 Å². The summed E-state index contributed by atoms with van der Waals surface area (Å²) in [6.07, 6.45) is 3.16. The number of anilines is 2. The molecule has 0 aliphatic carbocycles. The Morgan fingerprint density at radius 3 is 2.38 bits per heavy atom.